The van der Waals surface area contributed by atoms with Crippen LogP contribution in [0.4, 0.5) is 5.69 Å². The molecule has 0 radical (unpaired) electrons. The second-order valence-electron chi connectivity index (χ2n) is 6.66. The molecule has 28 heavy (non-hydrogen) atoms. The molecule has 4 rings (SSSR count). The quantitative estimate of drug-likeness (QED) is 0.318. The molecule has 4 aromatic rings. The van der Waals surface area contributed by atoms with Gasteiger partial charge in [-0.3, -0.25) is 4.99 Å². The van der Waals surface area contributed by atoms with Gasteiger partial charge in [-0.05, 0) is 85.1 Å². The molecule has 0 aliphatic carbocycles. The van der Waals surface area contributed by atoms with E-state index >= 15 is 0 Å². The van der Waals surface area contributed by atoms with Gasteiger partial charge < -0.3 is 4.42 Å². The number of oxazole rings is 1. The van der Waals surface area contributed by atoms with Crippen molar-refractivity contribution in [1.29, 1.82) is 0 Å². The number of aliphatic imine (C=N–C) groups is 1. The highest BCUT2D eigenvalue weighted by Crippen LogP contribution is 2.27. The Morgan fingerprint density at radius 2 is 1.75 bits per heavy atom. The van der Waals surface area contributed by atoms with Gasteiger partial charge >= 0.3 is 0 Å². The van der Waals surface area contributed by atoms with Crippen molar-refractivity contribution in [2.45, 2.75) is 13.8 Å². The predicted octanol–water partition coefficient (Wildman–Crippen LogP) is 7.29. The Morgan fingerprint density at radius 1 is 0.964 bits per heavy atom. The first-order valence-corrected chi connectivity index (χ1v) is 9.82. The lowest BCUT2D eigenvalue weighted by Crippen LogP contribution is -1.79. The number of hydrogen-bond donors (Lipinski definition) is 0. The number of benzene rings is 3. The summed E-state index contributed by atoms with van der Waals surface area (Å²) in [6, 6.07) is 20.1. The topological polar surface area (TPSA) is 38.4 Å². The van der Waals surface area contributed by atoms with Crippen LogP contribution in [0.3, 0.4) is 0 Å². The molecule has 3 nitrogen and oxygen atoms in total. The van der Waals surface area contributed by atoms with Gasteiger partial charge in [0.05, 0.1) is 5.69 Å². The number of fused-ring (bicyclic) bond motifs is 1. The summed E-state index contributed by atoms with van der Waals surface area (Å²) in [5, 5.41) is 0. The van der Waals surface area contributed by atoms with Crippen LogP contribution < -0.4 is 0 Å². The van der Waals surface area contributed by atoms with Gasteiger partial charge in [-0.2, -0.15) is 0 Å². The average molecular weight is 431 g/mol. The second-order valence-corrected chi connectivity index (χ2v) is 7.58. The molecule has 4 heteroatoms. The van der Waals surface area contributed by atoms with Gasteiger partial charge in [-0.1, -0.05) is 34.1 Å². The normalized spacial score (nSPS) is 11.8. The van der Waals surface area contributed by atoms with Crippen LogP contribution in [0.25, 0.3) is 28.6 Å². The Hall–Kier alpha value is -2.98. The first kappa shape index (κ1) is 18.4. The van der Waals surface area contributed by atoms with Crippen LogP contribution >= 0.6 is 15.9 Å². The van der Waals surface area contributed by atoms with Gasteiger partial charge in [-0.15, -0.1) is 0 Å². The molecule has 138 valence electrons. The van der Waals surface area contributed by atoms with E-state index < -0.39 is 0 Å². The molecule has 0 amide bonds. The van der Waals surface area contributed by atoms with E-state index in [1.54, 1.807) is 6.21 Å². The van der Waals surface area contributed by atoms with Crippen molar-refractivity contribution in [1.82, 2.24) is 4.98 Å². The minimum absolute atomic E-state index is 0.630. The minimum Gasteiger partial charge on any atom is -0.436 e. The predicted molar refractivity (Wildman–Crippen MR) is 120 cm³/mol. The van der Waals surface area contributed by atoms with E-state index in [1.165, 1.54) is 11.1 Å². The van der Waals surface area contributed by atoms with Crippen molar-refractivity contribution in [2.75, 3.05) is 0 Å². The molecule has 0 saturated carbocycles. The molecule has 1 aromatic heterocycles. The van der Waals surface area contributed by atoms with E-state index in [1.807, 2.05) is 60.7 Å². The van der Waals surface area contributed by atoms with E-state index in [-0.39, 0.29) is 0 Å². The van der Waals surface area contributed by atoms with Crippen molar-refractivity contribution in [3.05, 3.63) is 87.9 Å². The SMILES string of the molecule is Cc1cc2nc(-c3ccc(N=CC=Cc4cccc(Br)c4)cc3)oc2cc1C. The van der Waals surface area contributed by atoms with Gasteiger partial charge in [0.15, 0.2) is 5.58 Å². The van der Waals surface area contributed by atoms with Gasteiger partial charge in [0.1, 0.15) is 5.52 Å². The standard InChI is InChI=1S/C24H19BrN2O/c1-16-13-22-23(14-17(16)2)28-24(27-22)19-8-10-21(11-9-19)26-12-4-6-18-5-3-7-20(25)15-18/h3-15H,1-2H3. The van der Waals surface area contributed by atoms with Crippen LogP contribution in [0.15, 0.2) is 80.6 Å². The van der Waals surface area contributed by atoms with Crippen molar-refractivity contribution in [3.63, 3.8) is 0 Å². The Bertz CT molecular complexity index is 1150. The first-order chi connectivity index (χ1) is 13.6. The highest BCUT2D eigenvalue weighted by Gasteiger charge is 2.09. The lowest BCUT2D eigenvalue weighted by atomic mass is 10.1. The molecule has 0 aliphatic rings. The summed E-state index contributed by atoms with van der Waals surface area (Å²) in [5.41, 5.74) is 7.07. The van der Waals surface area contributed by atoms with Crippen molar-refractivity contribution in [2.24, 2.45) is 4.99 Å². The molecule has 0 saturated heterocycles. The Balaban J connectivity index is 1.49. The van der Waals surface area contributed by atoms with Gasteiger partial charge in [0, 0.05) is 16.3 Å². The van der Waals surface area contributed by atoms with Gasteiger partial charge in [-0.25, -0.2) is 4.98 Å². The molecule has 0 atom stereocenters. The maximum absolute atomic E-state index is 5.92. The average Bonchev–Trinajstić information content (AvgIpc) is 3.09. The molecule has 0 bridgehead atoms. The summed E-state index contributed by atoms with van der Waals surface area (Å²) >= 11 is 3.47. The molecular weight excluding hydrogens is 412 g/mol. The largest absolute Gasteiger partial charge is 0.436 e. The maximum atomic E-state index is 5.92. The fourth-order valence-corrected chi connectivity index (χ4v) is 3.30. The molecule has 0 aliphatic heterocycles. The highest BCUT2D eigenvalue weighted by atomic mass is 79.9. The van der Waals surface area contributed by atoms with Crippen molar-refractivity contribution < 1.29 is 4.42 Å². The van der Waals surface area contributed by atoms with E-state index in [0.717, 1.165) is 32.4 Å². The fourth-order valence-electron chi connectivity index (χ4n) is 2.89. The number of hydrogen-bond acceptors (Lipinski definition) is 3. The molecule has 0 spiro atoms. The second kappa shape index (κ2) is 7.95. The smallest absolute Gasteiger partial charge is 0.227 e. The molecule has 0 fully saturated rings. The van der Waals surface area contributed by atoms with Crippen molar-refractivity contribution >= 4 is 45.0 Å². The third kappa shape index (κ3) is 4.12. The van der Waals surface area contributed by atoms with Crippen LogP contribution in [0, 0.1) is 13.8 Å². The molecule has 3 aromatic carbocycles. The summed E-state index contributed by atoms with van der Waals surface area (Å²) in [5.74, 6) is 0.630. The summed E-state index contributed by atoms with van der Waals surface area (Å²) in [6.45, 7) is 4.16. The number of rotatable bonds is 4. The molecular formula is C24H19BrN2O. The minimum atomic E-state index is 0.630. The summed E-state index contributed by atoms with van der Waals surface area (Å²) in [7, 11) is 0. The van der Waals surface area contributed by atoms with Gasteiger partial charge in [0.25, 0.3) is 0 Å². The number of aryl methyl sites for hydroxylation is 2. The number of aromatic nitrogens is 1. The van der Waals surface area contributed by atoms with E-state index in [9.17, 15) is 0 Å². The zero-order valence-corrected chi connectivity index (χ0v) is 17.3. The van der Waals surface area contributed by atoms with Gasteiger partial charge in [0.2, 0.25) is 5.89 Å². The van der Waals surface area contributed by atoms with E-state index in [4.69, 9.17) is 4.42 Å². The lowest BCUT2D eigenvalue weighted by molar-refractivity contribution is 0.619. The highest BCUT2D eigenvalue weighted by molar-refractivity contribution is 9.10. The maximum Gasteiger partial charge on any atom is 0.227 e. The zero-order valence-electron chi connectivity index (χ0n) is 15.7. The third-order valence-electron chi connectivity index (χ3n) is 4.57. The van der Waals surface area contributed by atoms with E-state index in [0.29, 0.717) is 5.89 Å². The lowest BCUT2D eigenvalue weighted by Gasteiger charge is -1.96. The van der Waals surface area contributed by atoms with Crippen molar-refractivity contribution in [3.8, 4) is 11.5 Å². The number of allylic oxidation sites excluding steroid dienone is 1. The van der Waals surface area contributed by atoms with Crippen LogP contribution in [-0.4, -0.2) is 11.2 Å². The zero-order chi connectivity index (χ0) is 19.5. The summed E-state index contributed by atoms with van der Waals surface area (Å²) in [4.78, 5) is 9.08. The molecule has 1 heterocycles. The van der Waals surface area contributed by atoms with E-state index in [2.05, 4.69) is 51.9 Å². The monoisotopic (exact) mass is 430 g/mol. The van der Waals surface area contributed by atoms with Crippen LogP contribution in [-0.2, 0) is 0 Å². The van der Waals surface area contributed by atoms with Crippen LogP contribution in [0.5, 0.6) is 0 Å². The molecule has 0 unspecified atom stereocenters. The van der Waals surface area contributed by atoms with Crippen LogP contribution in [0.1, 0.15) is 16.7 Å². The summed E-state index contributed by atoms with van der Waals surface area (Å²) < 4.78 is 6.98. The number of halogens is 1. The number of nitrogens with zero attached hydrogens (tertiary/aromatic N) is 2. The first-order valence-electron chi connectivity index (χ1n) is 9.03. The fraction of sp³-hybridized carbons (Fsp3) is 0.0833. The molecule has 0 N–H and O–H groups in total. The Morgan fingerprint density at radius 3 is 2.54 bits per heavy atom. The third-order valence-corrected chi connectivity index (χ3v) is 5.06. The Kier molecular flexibility index (Phi) is 5.22. The summed E-state index contributed by atoms with van der Waals surface area (Å²) in [6.07, 6.45) is 5.74. The Labute approximate surface area is 172 Å². The van der Waals surface area contributed by atoms with Crippen LogP contribution in [0.2, 0.25) is 0 Å².